The Morgan fingerprint density at radius 2 is 2.19 bits per heavy atom. The normalized spacial score (nSPS) is 25.9. The van der Waals surface area contributed by atoms with Crippen LogP contribution in [0.15, 0.2) is 0 Å². The van der Waals surface area contributed by atoms with Gasteiger partial charge in [-0.05, 0) is 25.7 Å². The van der Waals surface area contributed by atoms with Gasteiger partial charge in [0, 0.05) is 19.4 Å². The molecular formula is C12H21NO3. The smallest absolute Gasteiger partial charge is 0.252 e. The highest BCUT2D eigenvalue weighted by Crippen LogP contribution is 2.38. The minimum atomic E-state index is -0.502. The van der Waals surface area contributed by atoms with E-state index in [9.17, 15) is 14.8 Å². The zero-order valence-corrected chi connectivity index (χ0v) is 10.2. The van der Waals surface area contributed by atoms with E-state index in [1.54, 1.807) is 0 Å². The molecule has 1 rings (SSSR count). The van der Waals surface area contributed by atoms with E-state index in [2.05, 4.69) is 0 Å². The van der Waals surface area contributed by atoms with Crippen LogP contribution in [0.5, 0.6) is 0 Å². The summed E-state index contributed by atoms with van der Waals surface area (Å²) in [7, 11) is 0. The molecule has 4 nitrogen and oxygen atoms in total. The van der Waals surface area contributed by atoms with Gasteiger partial charge in [-0.2, -0.15) is 0 Å². The molecule has 0 spiro atoms. The van der Waals surface area contributed by atoms with Crippen LogP contribution in [0.2, 0.25) is 0 Å². The van der Waals surface area contributed by atoms with Crippen LogP contribution in [-0.2, 0) is 9.59 Å². The fourth-order valence-corrected chi connectivity index (χ4v) is 2.34. The molecule has 92 valence electrons. The van der Waals surface area contributed by atoms with E-state index in [4.69, 9.17) is 0 Å². The first-order valence-corrected chi connectivity index (χ1v) is 6.08. The molecule has 16 heavy (non-hydrogen) atoms. The molecule has 0 saturated carbocycles. The third-order valence-electron chi connectivity index (χ3n) is 3.67. The second kappa shape index (κ2) is 5.43. The second-order valence-corrected chi connectivity index (χ2v) is 4.56. The van der Waals surface area contributed by atoms with Crippen molar-refractivity contribution in [2.75, 3.05) is 6.54 Å². The van der Waals surface area contributed by atoms with Crippen LogP contribution in [0.1, 0.15) is 52.4 Å². The minimum Gasteiger partial charge on any atom is -0.300 e. The molecule has 0 aromatic carbocycles. The molecule has 1 N–H and O–H groups in total. The summed E-state index contributed by atoms with van der Waals surface area (Å²) < 4.78 is 0. The number of Topliss-reactive ketones (excluding diaryl/α,β-unsaturated/α-hetero) is 1. The third-order valence-corrected chi connectivity index (χ3v) is 3.67. The molecule has 0 aromatic heterocycles. The molecule has 1 aliphatic rings. The number of amides is 1. The quantitative estimate of drug-likeness (QED) is 0.732. The van der Waals surface area contributed by atoms with Crippen molar-refractivity contribution in [3.63, 3.8) is 0 Å². The summed E-state index contributed by atoms with van der Waals surface area (Å²) in [6, 6.07) is 0. The van der Waals surface area contributed by atoms with Crippen LogP contribution < -0.4 is 0 Å². The number of hydrogen-bond donors (Lipinski definition) is 1. The number of nitrogens with zero attached hydrogens (tertiary/aromatic N) is 1. The first-order chi connectivity index (χ1) is 7.55. The zero-order chi connectivity index (χ0) is 12.2. The molecule has 1 aliphatic heterocycles. The Morgan fingerprint density at radius 1 is 1.50 bits per heavy atom. The highest BCUT2D eigenvalue weighted by atomic mass is 16.5. The van der Waals surface area contributed by atoms with Gasteiger partial charge >= 0.3 is 0 Å². The highest BCUT2D eigenvalue weighted by molar-refractivity contribution is 5.84. The van der Waals surface area contributed by atoms with Gasteiger partial charge in [0.15, 0.2) is 0 Å². The predicted octanol–water partition coefficient (Wildman–Crippen LogP) is 2.15. The van der Waals surface area contributed by atoms with Gasteiger partial charge in [0.25, 0.3) is 5.91 Å². The van der Waals surface area contributed by atoms with Gasteiger partial charge in [0.1, 0.15) is 5.78 Å². The predicted molar refractivity (Wildman–Crippen MR) is 60.0 cm³/mol. The Balaban J connectivity index is 2.68. The van der Waals surface area contributed by atoms with Crippen LogP contribution in [0.4, 0.5) is 0 Å². The number of hydroxylamine groups is 2. The van der Waals surface area contributed by atoms with E-state index >= 15 is 0 Å². The van der Waals surface area contributed by atoms with Crippen LogP contribution in [0.3, 0.4) is 0 Å². The molecule has 0 radical (unpaired) electrons. The minimum absolute atomic E-state index is 0.190. The van der Waals surface area contributed by atoms with E-state index in [-0.39, 0.29) is 11.7 Å². The van der Waals surface area contributed by atoms with Gasteiger partial charge in [0.2, 0.25) is 0 Å². The van der Waals surface area contributed by atoms with Gasteiger partial charge in [-0.3, -0.25) is 14.8 Å². The van der Waals surface area contributed by atoms with Crippen molar-refractivity contribution in [1.82, 2.24) is 5.06 Å². The van der Waals surface area contributed by atoms with Crippen LogP contribution >= 0.6 is 0 Å². The molecule has 4 heteroatoms. The SMILES string of the molecule is CCC(=O)CC[C@@]1(CC)CCCN(O)C1=O. The van der Waals surface area contributed by atoms with Gasteiger partial charge in [-0.1, -0.05) is 13.8 Å². The number of piperidine rings is 1. The largest absolute Gasteiger partial charge is 0.300 e. The van der Waals surface area contributed by atoms with Crippen molar-refractivity contribution < 1.29 is 14.8 Å². The standard InChI is InChI=1S/C12H21NO3/c1-3-10(14)6-8-12(4-2)7-5-9-13(16)11(12)15/h16H,3-9H2,1-2H3/t12-/m1/s1. The monoisotopic (exact) mass is 227 g/mol. The first kappa shape index (κ1) is 13.2. The maximum absolute atomic E-state index is 11.9. The molecule has 0 bridgehead atoms. The molecule has 1 amide bonds. The lowest BCUT2D eigenvalue weighted by Gasteiger charge is -2.38. The summed E-state index contributed by atoms with van der Waals surface area (Å²) in [6.07, 6.45) is 3.85. The summed E-state index contributed by atoms with van der Waals surface area (Å²) in [6.45, 7) is 4.21. The Kier molecular flexibility index (Phi) is 4.47. The number of hydrogen-bond acceptors (Lipinski definition) is 3. The maximum atomic E-state index is 11.9. The summed E-state index contributed by atoms with van der Waals surface area (Å²) >= 11 is 0. The summed E-state index contributed by atoms with van der Waals surface area (Å²) in [5.74, 6) is -0.0131. The first-order valence-electron chi connectivity index (χ1n) is 6.08. The average molecular weight is 227 g/mol. The van der Waals surface area contributed by atoms with Crippen LogP contribution in [0, 0.1) is 5.41 Å². The third kappa shape index (κ3) is 2.61. The van der Waals surface area contributed by atoms with Crippen molar-refractivity contribution in [2.24, 2.45) is 5.41 Å². The average Bonchev–Trinajstić information content (AvgIpc) is 2.31. The van der Waals surface area contributed by atoms with Crippen molar-refractivity contribution >= 4 is 11.7 Å². The van der Waals surface area contributed by atoms with Gasteiger partial charge < -0.3 is 0 Å². The maximum Gasteiger partial charge on any atom is 0.252 e. The summed E-state index contributed by atoms with van der Waals surface area (Å²) in [5.41, 5.74) is -0.502. The van der Waals surface area contributed by atoms with E-state index in [0.29, 0.717) is 32.2 Å². The molecule has 1 heterocycles. The molecule has 0 aromatic rings. The molecule has 1 saturated heterocycles. The van der Waals surface area contributed by atoms with Crippen molar-refractivity contribution in [2.45, 2.75) is 52.4 Å². The van der Waals surface area contributed by atoms with Crippen LogP contribution in [-0.4, -0.2) is 28.5 Å². The lowest BCUT2D eigenvalue weighted by molar-refractivity contribution is -0.186. The van der Waals surface area contributed by atoms with E-state index in [1.807, 2.05) is 13.8 Å². The van der Waals surface area contributed by atoms with E-state index < -0.39 is 5.41 Å². The Hall–Kier alpha value is -0.900. The molecule has 1 fully saturated rings. The summed E-state index contributed by atoms with van der Waals surface area (Å²) in [4.78, 5) is 23.3. The Bertz CT molecular complexity index is 277. The second-order valence-electron chi connectivity index (χ2n) is 4.56. The van der Waals surface area contributed by atoms with Crippen molar-refractivity contribution in [3.05, 3.63) is 0 Å². The fourth-order valence-electron chi connectivity index (χ4n) is 2.34. The van der Waals surface area contributed by atoms with Gasteiger partial charge in [-0.15, -0.1) is 0 Å². The number of ketones is 1. The summed E-state index contributed by atoms with van der Waals surface area (Å²) in [5, 5.41) is 10.3. The van der Waals surface area contributed by atoms with Crippen molar-refractivity contribution in [1.29, 1.82) is 0 Å². The van der Waals surface area contributed by atoms with Crippen LogP contribution in [0.25, 0.3) is 0 Å². The highest BCUT2D eigenvalue weighted by Gasteiger charge is 2.41. The fraction of sp³-hybridized carbons (Fsp3) is 0.833. The molecule has 0 aliphatic carbocycles. The molecule has 0 unspecified atom stereocenters. The molecule has 1 atom stereocenters. The Labute approximate surface area is 96.6 Å². The van der Waals surface area contributed by atoms with Gasteiger partial charge in [-0.25, -0.2) is 5.06 Å². The molecular weight excluding hydrogens is 206 g/mol. The Morgan fingerprint density at radius 3 is 2.75 bits per heavy atom. The van der Waals surface area contributed by atoms with Gasteiger partial charge in [0.05, 0.1) is 5.41 Å². The number of carbonyl (C=O) groups excluding carboxylic acids is 2. The zero-order valence-electron chi connectivity index (χ0n) is 10.2. The lowest BCUT2D eigenvalue weighted by atomic mass is 9.73. The van der Waals surface area contributed by atoms with E-state index in [1.165, 1.54) is 0 Å². The lowest BCUT2D eigenvalue weighted by Crippen LogP contribution is -2.47. The van der Waals surface area contributed by atoms with E-state index in [0.717, 1.165) is 17.9 Å². The number of rotatable bonds is 5. The topological polar surface area (TPSA) is 57.6 Å². The number of carbonyl (C=O) groups is 2. The van der Waals surface area contributed by atoms with Crippen molar-refractivity contribution in [3.8, 4) is 0 Å².